The van der Waals surface area contributed by atoms with E-state index in [1.807, 2.05) is 67.8 Å². The molecule has 4 rings (SSSR count). The van der Waals surface area contributed by atoms with Crippen LogP contribution in [0.1, 0.15) is 38.1 Å². The topological polar surface area (TPSA) is 63.8 Å². The number of fused-ring (bicyclic) bond motifs is 1. The van der Waals surface area contributed by atoms with Crippen molar-refractivity contribution in [1.82, 2.24) is 5.32 Å². The van der Waals surface area contributed by atoms with Crippen LogP contribution in [0.4, 0.5) is 5.69 Å². The van der Waals surface area contributed by atoms with E-state index in [0.717, 1.165) is 35.0 Å². The highest BCUT2D eigenvalue weighted by atomic mass is 16.5. The molecule has 1 aromatic carbocycles. The van der Waals surface area contributed by atoms with Crippen LogP contribution < -0.4 is 5.32 Å². The standard InChI is InChI=1S/C22H22N2O3/c1-2-21(25)24-16-9-6-10-17(13-16)26-19-11-12-23-18-14-20(27-22(18)19)15-7-4-3-5-8-15/h3-8,10,12-14,16,19H,2,9,11H2,1H3,(H,24,25). The summed E-state index contributed by atoms with van der Waals surface area (Å²) in [7, 11) is 0. The van der Waals surface area contributed by atoms with Crippen molar-refractivity contribution in [1.29, 1.82) is 0 Å². The molecule has 0 bridgehead atoms. The zero-order valence-corrected chi connectivity index (χ0v) is 15.2. The third kappa shape index (κ3) is 3.87. The van der Waals surface area contributed by atoms with Gasteiger partial charge in [0.05, 0.1) is 6.04 Å². The fourth-order valence-electron chi connectivity index (χ4n) is 3.23. The summed E-state index contributed by atoms with van der Waals surface area (Å²) in [6.07, 6.45) is 9.45. The molecule has 27 heavy (non-hydrogen) atoms. The summed E-state index contributed by atoms with van der Waals surface area (Å²) >= 11 is 0. The second-order valence-electron chi connectivity index (χ2n) is 6.61. The fourth-order valence-corrected chi connectivity index (χ4v) is 3.23. The molecule has 138 valence electrons. The largest absolute Gasteiger partial charge is 0.482 e. The lowest BCUT2D eigenvalue weighted by atomic mass is 10.1. The first-order valence-corrected chi connectivity index (χ1v) is 9.29. The van der Waals surface area contributed by atoms with Crippen LogP contribution in [0.5, 0.6) is 0 Å². The number of amides is 1. The van der Waals surface area contributed by atoms with Crippen LogP contribution in [-0.2, 0) is 9.53 Å². The summed E-state index contributed by atoms with van der Waals surface area (Å²) in [5, 5.41) is 2.98. The Morgan fingerprint density at radius 3 is 2.96 bits per heavy atom. The van der Waals surface area contributed by atoms with Crippen LogP contribution in [0.25, 0.3) is 11.3 Å². The van der Waals surface area contributed by atoms with Gasteiger partial charge in [-0.25, -0.2) is 0 Å². The summed E-state index contributed by atoms with van der Waals surface area (Å²) in [5.41, 5.74) is 1.82. The molecule has 0 saturated carbocycles. The van der Waals surface area contributed by atoms with E-state index >= 15 is 0 Å². The van der Waals surface area contributed by atoms with Gasteiger partial charge in [0.25, 0.3) is 0 Å². The molecule has 2 heterocycles. The van der Waals surface area contributed by atoms with E-state index in [-0.39, 0.29) is 18.1 Å². The molecule has 0 fully saturated rings. The highest BCUT2D eigenvalue weighted by Crippen LogP contribution is 2.40. The molecule has 1 aromatic heterocycles. The van der Waals surface area contributed by atoms with E-state index in [1.54, 1.807) is 0 Å². The third-order valence-corrected chi connectivity index (χ3v) is 4.62. The van der Waals surface area contributed by atoms with Crippen molar-refractivity contribution < 1.29 is 13.9 Å². The smallest absolute Gasteiger partial charge is 0.220 e. The van der Waals surface area contributed by atoms with Crippen LogP contribution in [0.3, 0.4) is 0 Å². The zero-order chi connectivity index (χ0) is 18.6. The molecule has 1 aliphatic carbocycles. The Bertz CT molecular complexity index is 909. The highest BCUT2D eigenvalue weighted by molar-refractivity contribution is 5.76. The maximum atomic E-state index is 11.6. The van der Waals surface area contributed by atoms with E-state index in [2.05, 4.69) is 10.3 Å². The van der Waals surface area contributed by atoms with Gasteiger partial charge in [0.15, 0.2) is 11.9 Å². The average Bonchev–Trinajstić information content (AvgIpc) is 3.14. The van der Waals surface area contributed by atoms with Gasteiger partial charge in [-0.15, -0.1) is 0 Å². The molecule has 1 amide bonds. The van der Waals surface area contributed by atoms with Gasteiger partial charge in [0.1, 0.15) is 17.2 Å². The van der Waals surface area contributed by atoms with Crippen molar-refractivity contribution in [3.8, 4) is 11.3 Å². The normalized spacial score (nSPS) is 20.7. The Morgan fingerprint density at radius 2 is 2.15 bits per heavy atom. The molecule has 2 aliphatic rings. The van der Waals surface area contributed by atoms with Gasteiger partial charge in [-0.05, 0) is 18.6 Å². The molecule has 2 atom stereocenters. The molecular formula is C22H22N2O3. The van der Waals surface area contributed by atoms with Crippen molar-refractivity contribution in [2.24, 2.45) is 4.99 Å². The summed E-state index contributed by atoms with van der Waals surface area (Å²) < 4.78 is 12.3. The molecule has 5 nitrogen and oxygen atoms in total. The molecule has 2 unspecified atom stereocenters. The van der Waals surface area contributed by atoms with E-state index in [4.69, 9.17) is 9.15 Å². The van der Waals surface area contributed by atoms with E-state index in [0.29, 0.717) is 12.8 Å². The number of aliphatic imine (C=N–C) groups is 1. The van der Waals surface area contributed by atoms with Crippen molar-refractivity contribution in [2.75, 3.05) is 0 Å². The number of rotatable bonds is 5. The maximum absolute atomic E-state index is 11.6. The van der Waals surface area contributed by atoms with Crippen LogP contribution in [0.2, 0.25) is 0 Å². The molecule has 1 aliphatic heterocycles. The van der Waals surface area contributed by atoms with Crippen LogP contribution in [0.15, 0.2) is 69.8 Å². The summed E-state index contributed by atoms with van der Waals surface area (Å²) in [4.78, 5) is 16.1. The number of benzene rings is 1. The average molecular weight is 362 g/mol. The fraction of sp³-hybridized carbons (Fsp3) is 0.273. The minimum atomic E-state index is -0.230. The number of nitrogens with zero attached hydrogens (tertiary/aromatic N) is 1. The Labute approximate surface area is 158 Å². The van der Waals surface area contributed by atoms with Gasteiger partial charge in [0, 0.05) is 30.7 Å². The number of nitrogens with one attached hydrogen (secondary N) is 1. The molecule has 1 N–H and O–H groups in total. The molecule has 0 radical (unpaired) electrons. The number of hydrogen-bond acceptors (Lipinski definition) is 4. The van der Waals surface area contributed by atoms with Gasteiger partial charge in [-0.2, -0.15) is 0 Å². The second kappa shape index (κ2) is 7.66. The number of furan rings is 1. The SMILES string of the molecule is CCC(=O)NC1C=C(OC2CC=Nc3cc(-c4ccccc4)oc32)C=CC1. The van der Waals surface area contributed by atoms with Crippen LogP contribution >= 0.6 is 0 Å². The van der Waals surface area contributed by atoms with Gasteiger partial charge in [-0.3, -0.25) is 9.79 Å². The Kier molecular flexibility index (Phi) is 4.92. The van der Waals surface area contributed by atoms with Crippen molar-refractivity contribution in [2.45, 2.75) is 38.3 Å². The number of allylic oxidation sites excluding steroid dienone is 1. The van der Waals surface area contributed by atoms with Crippen LogP contribution in [-0.4, -0.2) is 18.2 Å². The second-order valence-corrected chi connectivity index (χ2v) is 6.61. The minimum absolute atomic E-state index is 0.0364. The van der Waals surface area contributed by atoms with Crippen molar-refractivity contribution in [3.63, 3.8) is 0 Å². The number of carbonyl (C=O) groups is 1. The summed E-state index contributed by atoms with van der Waals surface area (Å²) in [6, 6.07) is 11.9. The predicted molar refractivity (Wildman–Crippen MR) is 105 cm³/mol. The molecule has 0 spiro atoms. The van der Waals surface area contributed by atoms with Gasteiger partial charge in [0.2, 0.25) is 5.91 Å². The first-order valence-electron chi connectivity index (χ1n) is 9.29. The molecule has 2 aromatic rings. The summed E-state index contributed by atoms with van der Waals surface area (Å²) in [5.74, 6) is 2.31. The monoisotopic (exact) mass is 362 g/mol. The lowest BCUT2D eigenvalue weighted by Crippen LogP contribution is -2.33. The molecular weight excluding hydrogens is 340 g/mol. The lowest BCUT2D eigenvalue weighted by Gasteiger charge is -2.23. The predicted octanol–water partition coefficient (Wildman–Crippen LogP) is 4.85. The lowest BCUT2D eigenvalue weighted by molar-refractivity contribution is -0.121. The van der Waals surface area contributed by atoms with Gasteiger partial charge >= 0.3 is 0 Å². The number of carbonyl (C=O) groups excluding carboxylic acids is 1. The Balaban J connectivity index is 1.53. The van der Waals surface area contributed by atoms with Gasteiger partial charge < -0.3 is 14.5 Å². The van der Waals surface area contributed by atoms with E-state index in [1.165, 1.54) is 0 Å². The van der Waals surface area contributed by atoms with Crippen molar-refractivity contribution in [3.05, 3.63) is 66.1 Å². The third-order valence-electron chi connectivity index (χ3n) is 4.62. The number of hydrogen-bond donors (Lipinski definition) is 1. The highest BCUT2D eigenvalue weighted by Gasteiger charge is 2.26. The quantitative estimate of drug-likeness (QED) is 0.827. The minimum Gasteiger partial charge on any atom is -0.482 e. The number of ether oxygens (including phenoxy) is 1. The van der Waals surface area contributed by atoms with E-state index in [9.17, 15) is 4.79 Å². The van der Waals surface area contributed by atoms with Crippen molar-refractivity contribution >= 4 is 17.8 Å². The van der Waals surface area contributed by atoms with Crippen LogP contribution in [0, 0.1) is 0 Å². The zero-order valence-electron chi connectivity index (χ0n) is 15.2. The van der Waals surface area contributed by atoms with Gasteiger partial charge in [-0.1, -0.05) is 43.3 Å². The molecule has 0 saturated heterocycles. The molecule has 5 heteroatoms. The Morgan fingerprint density at radius 1 is 1.30 bits per heavy atom. The first kappa shape index (κ1) is 17.3. The van der Waals surface area contributed by atoms with E-state index < -0.39 is 0 Å². The maximum Gasteiger partial charge on any atom is 0.220 e. The summed E-state index contributed by atoms with van der Waals surface area (Å²) in [6.45, 7) is 1.85. The Hall–Kier alpha value is -3.08. The first-order chi connectivity index (χ1) is 13.2.